The number of aromatic nitrogens is 7. The van der Waals surface area contributed by atoms with E-state index in [9.17, 15) is 4.79 Å². The number of nitrogens with one attached hydrogen (secondary N) is 2. The summed E-state index contributed by atoms with van der Waals surface area (Å²) in [7, 11) is 0. The van der Waals surface area contributed by atoms with Crippen molar-refractivity contribution in [2.24, 2.45) is 10.7 Å². The molecule has 1 unspecified atom stereocenters. The number of carbonyl (C=O) groups excluding carboxylic acids is 1. The highest BCUT2D eigenvalue weighted by Gasteiger charge is 2.20. The van der Waals surface area contributed by atoms with E-state index >= 15 is 0 Å². The fourth-order valence-corrected chi connectivity index (χ4v) is 5.14. The second-order valence-corrected chi connectivity index (χ2v) is 13.7. The number of aliphatic imine (C=N–C) groups is 1. The highest BCUT2D eigenvalue weighted by Crippen LogP contribution is 2.23. The van der Waals surface area contributed by atoms with E-state index in [0.717, 1.165) is 60.3 Å². The molecule has 15 nitrogen and oxygen atoms in total. The first-order valence-electron chi connectivity index (χ1n) is 17.7. The zero-order valence-electron chi connectivity index (χ0n) is 31.6. The average Bonchev–Trinajstić information content (AvgIpc) is 3.96. The van der Waals surface area contributed by atoms with Crippen LogP contribution < -0.4 is 22.1 Å². The number of fused-ring (bicyclic) bond motifs is 1. The van der Waals surface area contributed by atoms with Crippen LogP contribution in [0.2, 0.25) is 5.28 Å². The monoisotopic (exact) mass is 776 g/mol. The normalized spacial score (nSPS) is 14.2. The van der Waals surface area contributed by atoms with E-state index in [-0.39, 0.29) is 5.28 Å². The van der Waals surface area contributed by atoms with Gasteiger partial charge < -0.3 is 31.6 Å². The largest absolute Gasteiger partial charge is 0.442 e. The summed E-state index contributed by atoms with van der Waals surface area (Å²) in [4.78, 5) is 36.4. The first kappa shape index (κ1) is 40.9. The maximum atomic E-state index is 12.2. The van der Waals surface area contributed by atoms with E-state index in [1.807, 2.05) is 64.2 Å². The minimum Gasteiger partial charge on any atom is -0.442 e. The number of hydrogen-bond donors (Lipinski definition) is 4. The van der Waals surface area contributed by atoms with E-state index < -0.39 is 11.7 Å². The topological polar surface area (TPSA) is 206 Å². The number of nitrogen functional groups attached to an aromatic ring is 1. The fourth-order valence-electron chi connectivity index (χ4n) is 5.00. The molecular weight excluding hydrogens is 732 g/mol. The molecule has 1 fully saturated rings. The lowest BCUT2D eigenvalue weighted by atomic mass is 10.1. The smallest absolute Gasteiger partial charge is 0.435 e. The summed E-state index contributed by atoms with van der Waals surface area (Å²) in [6, 6.07) is 21.1. The van der Waals surface area contributed by atoms with Crippen molar-refractivity contribution in [3.05, 3.63) is 120 Å². The molecule has 2 aliphatic rings. The second kappa shape index (κ2) is 19.9. The van der Waals surface area contributed by atoms with Gasteiger partial charge in [-0.15, -0.1) is 0 Å². The molecular formula is C40H45ClN12O3. The molecule has 8 rings (SSSR count). The molecule has 6 N–H and O–H groups in total. The van der Waals surface area contributed by atoms with Crippen LogP contribution in [0.1, 0.15) is 38.6 Å². The van der Waals surface area contributed by atoms with E-state index in [0.29, 0.717) is 17.4 Å². The van der Waals surface area contributed by atoms with Gasteiger partial charge in [-0.2, -0.15) is 9.78 Å². The number of anilines is 5. The zero-order valence-corrected chi connectivity index (χ0v) is 32.4. The van der Waals surface area contributed by atoms with Gasteiger partial charge in [0.15, 0.2) is 0 Å². The van der Waals surface area contributed by atoms with Crippen LogP contribution in [-0.2, 0) is 9.47 Å². The van der Waals surface area contributed by atoms with Crippen molar-refractivity contribution >= 4 is 69.1 Å². The van der Waals surface area contributed by atoms with Crippen molar-refractivity contribution in [1.29, 1.82) is 0 Å². The lowest BCUT2D eigenvalue weighted by Crippen LogP contribution is -2.27. The third-order valence-corrected chi connectivity index (χ3v) is 7.80. The van der Waals surface area contributed by atoms with Crippen molar-refractivity contribution in [2.45, 2.75) is 45.8 Å². The first-order valence-corrected chi connectivity index (χ1v) is 18.1. The predicted octanol–water partition coefficient (Wildman–Crippen LogP) is 7.40. The van der Waals surface area contributed by atoms with Crippen molar-refractivity contribution in [3.8, 4) is 0 Å². The number of hydrogen-bond acceptors (Lipinski definition) is 14. The Morgan fingerprint density at radius 1 is 0.929 bits per heavy atom. The number of carbonyl (C=O) groups is 1. The molecule has 2 aliphatic heterocycles. The van der Waals surface area contributed by atoms with Crippen LogP contribution >= 0.6 is 11.6 Å². The third-order valence-electron chi connectivity index (χ3n) is 7.62. The Bertz CT molecular complexity index is 2230. The SMILES string of the molecule is CC(C)(C)OC(=O)n1ncc2cc(Nc3ccnc(Cl)n3)ccc21.Cc1nccc(Nc2ccc(C3=CCN=C3)cc2)n1.NC1CCOC1.Nc1ccncc1. The number of nitrogens with zero attached hydrogens (tertiary/aromatic N) is 8. The highest BCUT2D eigenvalue weighted by atomic mass is 35.5. The van der Waals surface area contributed by atoms with E-state index in [1.165, 1.54) is 15.8 Å². The van der Waals surface area contributed by atoms with Gasteiger partial charge in [0.25, 0.3) is 0 Å². The molecule has 0 aliphatic carbocycles. The van der Waals surface area contributed by atoms with Crippen LogP contribution in [0, 0.1) is 6.92 Å². The number of benzene rings is 2. The van der Waals surface area contributed by atoms with E-state index in [2.05, 4.69) is 63.9 Å². The number of allylic oxidation sites excluding steroid dienone is 1. The van der Waals surface area contributed by atoms with Gasteiger partial charge in [0.1, 0.15) is 23.1 Å². The van der Waals surface area contributed by atoms with Gasteiger partial charge >= 0.3 is 6.09 Å². The predicted molar refractivity (Wildman–Crippen MR) is 222 cm³/mol. The van der Waals surface area contributed by atoms with Crippen LogP contribution in [0.5, 0.6) is 0 Å². The van der Waals surface area contributed by atoms with Gasteiger partial charge in [0, 0.05) is 66.1 Å². The molecule has 0 amide bonds. The van der Waals surface area contributed by atoms with Crippen molar-refractivity contribution in [3.63, 3.8) is 0 Å². The lowest BCUT2D eigenvalue weighted by Gasteiger charge is -2.19. The molecule has 2 aromatic carbocycles. The molecule has 1 atom stereocenters. The lowest BCUT2D eigenvalue weighted by molar-refractivity contribution is 0.0522. The summed E-state index contributed by atoms with van der Waals surface area (Å²) in [5, 5.41) is 11.5. The molecule has 0 bridgehead atoms. The number of nitrogens with two attached hydrogens (primary N) is 2. The minimum absolute atomic E-state index is 0.166. The first-order chi connectivity index (χ1) is 26.9. The Morgan fingerprint density at radius 2 is 1.62 bits per heavy atom. The minimum atomic E-state index is -0.580. The third kappa shape index (κ3) is 13.2. The van der Waals surface area contributed by atoms with Crippen molar-refractivity contribution in [2.75, 3.05) is 36.1 Å². The van der Waals surface area contributed by atoms with Crippen molar-refractivity contribution in [1.82, 2.24) is 34.7 Å². The summed E-state index contributed by atoms with van der Waals surface area (Å²) in [6.07, 6.45) is 12.8. The van der Waals surface area contributed by atoms with Gasteiger partial charge in [0.2, 0.25) is 5.28 Å². The highest BCUT2D eigenvalue weighted by molar-refractivity contribution is 6.28. The van der Waals surface area contributed by atoms with Crippen LogP contribution in [-0.4, -0.2) is 78.4 Å². The summed E-state index contributed by atoms with van der Waals surface area (Å²) in [6.45, 7) is 9.72. The molecule has 0 radical (unpaired) electrons. The van der Waals surface area contributed by atoms with E-state index in [1.54, 1.807) is 55.2 Å². The molecule has 290 valence electrons. The van der Waals surface area contributed by atoms with E-state index in [4.69, 9.17) is 32.5 Å². The fraction of sp³-hybridized carbons (Fsp3) is 0.250. The summed E-state index contributed by atoms with van der Waals surface area (Å²) >= 11 is 5.77. The summed E-state index contributed by atoms with van der Waals surface area (Å²) in [5.41, 5.74) is 15.7. The molecule has 1 saturated heterocycles. The molecule has 0 spiro atoms. The maximum absolute atomic E-state index is 12.2. The maximum Gasteiger partial charge on any atom is 0.435 e. The quantitative estimate of drug-likeness (QED) is 0.126. The molecule has 16 heteroatoms. The van der Waals surface area contributed by atoms with Gasteiger partial charge in [-0.1, -0.05) is 18.2 Å². The Hall–Kier alpha value is -6.29. The van der Waals surface area contributed by atoms with Gasteiger partial charge in [0.05, 0.1) is 24.9 Å². The van der Waals surface area contributed by atoms with Crippen molar-refractivity contribution < 1.29 is 14.3 Å². The zero-order chi connectivity index (χ0) is 39.9. The Kier molecular flexibility index (Phi) is 14.5. The molecule has 56 heavy (non-hydrogen) atoms. The van der Waals surface area contributed by atoms with Crippen LogP contribution in [0.3, 0.4) is 0 Å². The van der Waals surface area contributed by atoms with Crippen LogP contribution in [0.15, 0.2) is 109 Å². The average molecular weight is 777 g/mol. The molecule has 0 saturated carbocycles. The Morgan fingerprint density at radius 3 is 2.20 bits per heavy atom. The molecule has 4 aromatic heterocycles. The number of pyridine rings is 1. The Balaban J connectivity index is 0.000000164. The number of halogens is 1. The van der Waals surface area contributed by atoms with Crippen LogP contribution in [0.4, 0.5) is 33.5 Å². The summed E-state index contributed by atoms with van der Waals surface area (Å²) in [5.74, 6) is 2.14. The number of rotatable bonds is 5. The van der Waals surface area contributed by atoms with Crippen LogP contribution in [0.25, 0.3) is 16.5 Å². The number of aryl methyl sites for hydroxylation is 1. The summed E-state index contributed by atoms with van der Waals surface area (Å²) < 4.78 is 11.5. The second-order valence-electron chi connectivity index (χ2n) is 13.4. The van der Waals surface area contributed by atoms with Gasteiger partial charge in [-0.05, 0) is 111 Å². The molecule has 6 heterocycles. The Labute approximate surface area is 330 Å². The number of ether oxygens (including phenoxy) is 2. The molecule has 6 aromatic rings. The standard InChI is InChI=1S/C16H16ClN5O2.C15H14N4.C5H6N2.C4H9NO/c1-16(2,3)24-15(23)22-12-5-4-11(8-10(12)9-19-22)20-13-6-7-18-14(17)21-13;1-11-17-9-7-15(18-11)19-14-4-2-12(3-5-14)13-6-8-16-10-13;6-5-1-3-7-4-2-5;5-4-1-2-6-3-4/h4-9H,1-3H3,(H,18,20,21);2-7,9-10H,8H2,1H3,(H,17,18,19);1-4H,(H2,6,7);4H,1-3,5H2. The van der Waals surface area contributed by atoms with Gasteiger partial charge in [-0.25, -0.2) is 24.7 Å². The van der Waals surface area contributed by atoms with Gasteiger partial charge in [-0.3, -0.25) is 9.98 Å².